The largest absolute Gasteiger partial charge is 0.507 e. The third-order valence-electron chi connectivity index (χ3n) is 5.77. The van der Waals surface area contributed by atoms with E-state index in [9.17, 15) is 5.11 Å². The van der Waals surface area contributed by atoms with Gasteiger partial charge in [0.1, 0.15) is 5.75 Å². The molecule has 1 rings (SSSR count). The second kappa shape index (κ2) is 8.14. The Balaban J connectivity index is 3.28. The summed E-state index contributed by atoms with van der Waals surface area (Å²) in [6.45, 7) is 22.7. The molecule has 1 atom stereocenters. The summed E-state index contributed by atoms with van der Waals surface area (Å²) in [6.07, 6.45) is 3.36. The highest BCUT2D eigenvalue weighted by Gasteiger charge is 2.28. The molecule has 0 aliphatic heterocycles. The van der Waals surface area contributed by atoms with Crippen molar-refractivity contribution in [1.82, 2.24) is 0 Å². The molecule has 0 radical (unpaired) electrons. The highest BCUT2D eigenvalue weighted by Crippen LogP contribution is 2.40. The zero-order valence-electron chi connectivity index (χ0n) is 18.5. The lowest BCUT2D eigenvalue weighted by molar-refractivity contribution is 0.335. The van der Waals surface area contributed by atoms with Crippen LogP contribution in [0.1, 0.15) is 98.8 Å². The maximum atomic E-state index is 10.9. The van der Waals surface area contributed by atoms with Gasteiger partial charge in [0.2, 0.25) is 0 Å². The summed E-state index contributed by atoms with van der Waals surface area (Å²) in [5.74, 6) is 2.53. The Bertz CT molecular complexity index is 558. The number of hydrogen-bond donors (Lipinski definition) is 1. The van der Waals surface area contributed by atoms with E-state index >= 15 is 0 Å². The van der Waals surface area contributed by atoms with Crippen molar-refractivity contribution in [2.24, 2.45) is 17.8 Å². The first-order valence-electron chi connectivity index (χ1n) is 10.1. The second-order valence-electron chi connectivity index (χ2n) is 10.5. The van der Waals surface area contributed by atoms with Gasteiger partial charge in [0.25, 0.3) is 0 Å². The fraction of sp³-hybridized carbons (Fsp3) is 0.750. The highest BCUT2D eigenvalue weighted by molar-refractivity contribution is 5.49. The molecule has 0 spiro atoms. The lowest BCUT2D eigenvalue weighted by Crippen LogP contribution is -2.22. The van der Waals surface area contributed by atoms with Crippen molar-refractivity contribution in [2.75, 3.05) is 0 Å². The van der Waals surface area contributed by atoms with Gasteiger partial charge in [-0.1, -0.05) is 81.4 Å². The van der Waals surface area contributed by atoms with Gasteiger partial charge in [-0.25, -0.2) is 0 Å². The van der Waals surface area contributed by atoms with Gasteiger partial charge >= 0.3 is 0 Å². The highest BCUT2D eigenvalue weighted by atomic mass is 16.3. The van der Waals surface area contributed by atoms with Crippen molar-refractivity contribution in [3.05, 3.63) is 28.8 Å². The smallest absolute Gasteiger partial charge is 0.122 e. The number of phenolic OH excluding ortho intramolecular Hbond substituents is 1. The van der Waals surface area contributed by atoms with Crippen molar-refractivity contribution in [3.63, 3.8) is 0 Å². The van der Waals surface area contributed by atoms with Crippen molar-refractivity contribution < 1.29 is 5.11 Å². The molecule has 1 nitrogen and oxygen atoms in total. The molecule has 0 fully saturated rings. The van der Waals surface area contributed by atoms with Crippen molar-refractivity contribution in [1.29, 1.82) is 0 Å². The van der Waals surface area contributed by atoms with Crippen LogP contribution in [0.25, 0.3) is 0 Å². The van der Waals surface area contributed by atoms with Crippen molar-refractivity contribution >= 4 is 0 Å². The first-order valence-corrected chi connectivity index (χ1v) is 10.1. The molecule has 0 bridgehead atoms. The van der Waals surface area contributed by atoms with Crippen LogP contribution in [0.5, 0.6) is 5.75 Å². The topological polar surface area (TPSA) is 20.2 Å². The van der Waals surface area contributed by atoms with Crippen LogP contribution in [-0.2, 0) is 17.3 Å². The first kappa shape index (κ1) is 22.1. The predicted octanol–water partition coefficient (Wildman–Crippen LogP) is 7.24. The van der Waals surface area contributed by atoms with Crippen molar-refractivity contribution in [3.8, 4) is 5.75 Å². The number of rotatable bonds is 7. The van der Waals surface area contributed by atoms with Crippen LogP contribution in [0.15, 0.2) is 12.1 Å². The molecule has 1 unspecified atom stereocenters. The average Bonchev–Trinajstić information content (AvgIpc) is 2.44. The molecule has 1 N–H and O–H groups in total. The Morgan fingerprint density at radius 1 is 0.920 bits per heavy atom. The molecule has 0 heterocycles. The van der Waals surface area contributed by atoms with Gasteiger partial charge in [-0.3, -0.25) is 0 Å². The minimum Gasteiger partial charge on any atom is -0.507 e. The second-order valence-corrected chi connectivity index (χ2v) is 10.5. The Morgan fingerprint density at radius 3 is 1.92 bits per heavy atom. The van der Waals surface area contributed by atoms with E-state index in [4.69, 9.17) is 0 Å². The van der Waals surface area contributed by atoms with E-state index in [1.54, 1.807) is 0 Å². The third-order valence-corrected chi connectivity index (χ3v) is 5.77. The summed E-state index contributed by atoms with van der Waals surface area (Å²) in [5, 5.41) is 10.9. The average molecular weight is 347 g/mol. The van der Waals surface area contributed by atoms with Gasteiger partial charge in [0.15, 0.2) is 0 Å². The quantitative estimate of drug-likeness (QED) is 0.551. The third kappa shape index (κ3) is 6.04. The minimum absolute atomic E-state index is 0.0485. The molecular weight excluding hydrogens is 304 g/mol. The molecule has 0 aromatic heterocycles. The molecule has 0 amide bonds. The van der Waals surface area contributed by atoms with E-state index in [0.29, 0.717) is 11.7 Å². The van der Waals surface area contributed by atoms with Gasteiger partial charge < -0.3 is 5.11 Å². The van der Waals surface area contributed by atoms with E-state index in [1.165, 1.54) is 18.4 Å². The van der Waals surface area contributed by atoms with E-state index in [1.807, 2.05) is 0 Å². The maximum Gasteiger partial charge on any atom is 0.122 e. The summed E-state index contributed by atoms with van der Waals surface area (Å²) >= 11 is 0. The Morgan fingerprint density at radius 2 is 1.48 bits per heavy atom. The molecule has 1 aromatic rings. The van der Waals surface area contributed by atoms with E-state index in [0.717, 1.165) is 29.4 Å². The number of benzene rings is 1. The first-order chi connectivity index (χ1) is 11.3. The van der Waals surface area contributed by atoms with Gasteiger partial charge in [-0.15, -0.1) is 0 Å². The van der Waals surface area contributed by atoms with E-state index in [2.05, 4.69) is 81.4 Å². The fourth-order valence-corrected chi connectivity index (χ4v) is 3.32. The standard InChI is InChI=1S/C24H42O/c1-16(2)13-19-14-20(15-21(22(19)25)23(6,7)8)24(9,10)12-11-18(5)17(3)4/h14-18,25H,11-13H2,1-10H3. The van der Waals surface area contributed by atoms with Crippen LogP contribution in [0.3, 0.4) is 0 Å². The lowest BCUT2D eigenvalue weighted by atomic mass is 9.74. The fourth-order valence-electron chi connectivity index (χ4n) is 3.32. The van der Waals surface area contributed by atoms with Crippen molar-refractivity contribution in [2.45, 2.75) is 99.3 Å². The number of hydrogen-bond acceptors (Lipinski definition) is 1. The molecule has 1 heteroatoms. The van der Waals surface area contributed by atoms with Crippen LogP contribution in [0.2, 0.25) is 0 Å². The summed E-state index contributed by atoms with van der Waals surface area (Å²) in [4.78, 5) is 0. The zero-order valence-corrected chi connectivity index (χ0v) is 18.5. The van der Waals surface area contributed by atoms with Gasteiger partial charge in [-0.2, -0.15) is 0 Å². The van der Waals surface area contributed by atoms with Crippen LogP contribution >= 0.6 is 0 Å². The molecule has 144 valence electrons. The summed E-state index contributed by atoms with van der Waals surface area (Å²) in [5.41, 5.74) is 3.66. The Kier molecular flexibility index (Phi) is 7.19. The van der Waals surface area contributed by atoms with Crippen LogP contribution < -0.4 is 0 Å². The van der Waals surface area contributed by atoms with Crippen LogP contribution in [0.4, 0.5) is 0 Å². The Labute approximate surface area is 157 Å². The van der Waals surface area contributed by atoms with Crippen LogP contribution in [0, 0.1) is 17.8 Å². The zero-order chi connectivity index (χ0) is 19.6. The van der Waals surface area contributed by atoms with Gasteiger partial charge in [0, 0.05) is 0 Å². The monoisotopic (exact) mass is 346 g/mol. The normalized spacial score (nSPS) is 14.4. The maximum absolute atomic E-state index is 10.9. The molecular formula is C24H42O. The van der Waals surface area contributed by atoms with Crippen LogP contribution in [-0.4, -0.2) is 5.11 Å². The molecule has 0 aliphatic rings. The molecule has 25 heavy (non-hydrogen) atoms. The van der Waals surface area contributed by atoms with E-state index < -0.39 is 0 Å². The minimum atomic E-state index is -0.0485. The SMILES string of the molecule is CC(C)Cc1cc(C(C)(C)CCC(C)C(C)C)cc(C(C)(C)C)c1O. The molecule has 0 saturated carbocycles. The summed E-state index contributed by atoms with van der Waals surface area (Å²) in [7, 11) is 0. The number of aromatic hydroxyl groups is 1. The molecule has 0 saturated heterocycles. The van der Waals surface area contributed by atoms with Gasteiger partial charge in [-0.05, 0) is 64.5 Å². The predicted molar refractivity (Wildman–Crippen MR) is 112 cm³/mol. The van der Waals surface area contributed by atoms with Gasteiger partial charge in [0.05, 0.1) is 0 Å². The molecule has 0 aliphatic carbocycles. The lowest BCUT2D eigenvalue weighted by Gasteiger charge is -2.31. The molecule has 1 aromatic carbocycles. The van der Waals surface area contributed by atoms with E-state index in [-0.39, 0.29) is 10.8 Å². The summed E-state index contributed by atoms with van der Waals surface area (Å²) in [6, 6.07) is 4.53. The Hall–Kier alpha value is -0.980. The number of phenols is 1. The summed E-state index contributed by atoms with van der Waals surface area (Å²) < 4.78 is 0.